The molecule has 2 aromatic carbocycles. The third kappa shape index (κ3) is 3.84. The molecule has 2 aromatic rings. The maximum atomic E-state index is 13.5. The van der Waals surface area contributed by atoms with E-state index in [4.69, 9.17) is 4.74 Å². The van der Waals surface area contributed by atoms with Gasteiger partial charge in [-0.15, -0.1) is 0 Å². The minimum absolute atomic E-state index is 0.0747. The van der Waals surface area contributed by atoms with E-state index in [1.807, 2.05) is 69.3 Å². The average Bonchev–Trinajstić information content (AvgIpc) is 3.00. The quantitative estimate of drug-likeness (QED) is 0.686. The smallest absolute Gasteiger partial charge is 0.282 e. The van der Waals surface area contributed by atoms with Crippen LogP contribution < -0.4 is 9.64 Å². The van der Waals surface area contributed by atoms with Gasteiger partial charge >= 0.3 is 0 Å². The molecular formula is C25H28N2O3. The molecule has 0 bridgehead atoms. The van der Waals surface area contributed by atoms with Crippen molar-refractivity contribution in [1.29, 1.82) is 0 Å². The number of carbonyl (C=O) groups excluding carboxylic acids is 2. The van der Waals surface area contributed by atoms with E-state index in [-0.39, 0.29) is 17.9 Å². The molecule has 0 unspecified atom stereocenters. The molecule has 1 fully saturated rings. The van der Waals surface area contributed by atoms with Crippen molar-refractivity contribution >= 4 is 23.1 Å². The number of ether oxygens (including phenoxy) is 1. The van der Waals surface area contributed by atoms with Crippen LogP contribution in [0.25, 0.3) is 5.57 Å². The number of imide groups is 1. The molecule has 5 heteroatoms. The summed E-state index contributed by atoms with van der Waals surface area (Å²) in [6.07, 6.45) is 3.30. The lowest BCUT2D eigenvalue weighted by Crippen LogP contribution is -2.37. The van der Waals surface area contributed by atoms with Gasteiger partial charge in [-0.25, -0.2) is 4.90 Å². The number of rotatable bonds is 5. The topological polar surface area (TPSA) is 49.9 Å². The number of amides is 2. The Morgan fingerprint density at radius 1 is 0.833 bits per heavy atom. The Bertz CT molecular complexity index is 968. The van der Waals surface area contributed by atoms with Gasteiger partial charge in [-0.2, -0.15) is 0 Å². The van der Waals surface area contributed by atoms with Crippen LogP contribution in [-0.4, -0.2) is 35.9 Å². The fourth-order valence-electron chi connectivity index (χ4n) is 4.09. The number of nitrogens with zero attached hydrogens (tertiary/aromatic N) is 2. The van der Waals surface area contributed by atoms with Crippen molar-refractivity contribution in [3.8, 4) is 5.75 Å². The maximum absolute atomic E-state index is 13.5. The summed E-state index contributed by atoms with van der Waals surface area (Å²) in [5, 5.41) is 0. The second-order valence-electron chi connectivity index (χ2n) is 8.24. The number of carbonyl (C=O) groups is 2. The van der Waals surface area contributed by atoms with Gasteiger partial charge in [0.2, 0.25) is 0 Å². The second kappa shape index (κ2) is 8.34. The summed E-state index contributed by atoms with van der Waals surface area (Å²) in [6.45, 7) is 7.54. The monoisotopic (exact) mass is 404 g/mol. The molecule has 2 amide bonds. The number of benzene rings is 2. The lowest BCUT2D eigenvalue weighted by molar-refractivity contribution is -0.120. The lowest BCUT2D eigenvalue weighted by atomic mass is 10.0. The maximum Gasteiger partial charge on any atom is 0.282 e. The van der Waals surface area contributed by atoms with E-state index in [0.717, 1.165) is 49.2 Å². The van der Waals surface area contributed by atoms with Crippen LogP contribution in [0.4, 0.5) is 5.69 Å². The highest BCUT2D eigenvalue weighted by atomic mass is 16.5. The largest absolute Gasteiger partial charge is 0.491 e. The summed E-state index contributed by atoms with van der Waals surface area (Å²) in [7, 11) is 0. The van der Waals surface area contributed by atoms with Gasteiger partial charge in [0, 0.05) is 13.1 Å². The van der Waals surface area contributed by atoms with E-state index < -0.39 is 0 Å². The molecule has 2 heterocycles. The molecule has 30 heavy (non-hydrogen) atoms. The Morgan fingerprint density at radius 3 is 2.07 bits per heavy atom. The van der Waals surface area contributed by atoms with Crippen LogP contribution >= 0.6 is 0 Å². The number of hydrogen-bond acceptors (Lipinski definition) is 4. The predicted molar refractivity (Wildman–Crippen MR) is 118 cm³/mol. The minimum atomic E-state index is -0.262. The Hall–Kier alpha value is -3.08. The highest BCUT2D eigenvalue weighted by Crippen LogP contribution is 2.36. The SMILES string of the molecule is Cc1ccc(N2C(=O)C(c3ccc(OC(C)C)cc3)=C(N3CCCCC3)C2=O)cc1. The molecule has 0 saturated carbocycles. The standard InChI is InChI=1S/C25H28N2O3/c1-17(2)30-21-13-9-19(10-14-21)22-23(26-15-5-4-6-16-26)25(29)27(24(22)28)20-11-7-18(3)8-12-20/h7-14,17H,4-6,15-16H2,1-3H3. The van der Waals surface area contributed by atoms with Crippen LogP contribution in [0.2, 0.25) is 0 Å². The number of aryl methyl sites for hydroxylation is 1. The third-order valence-electron chi connectivity index (χ3n) is 5.54. The summed E-state index contributed by atoms with van der Waals surface area (Å²) in [6, 6.07) is 15.0. The van der Waals surface area contributed by atoms with E-state index in [9.17, 15) is 9.59 Å². The normalized spacial score (nSPS) is 17.3. The van der Waals surface area contributed by atoms with E-state index in [0.29, 0.717) is 17.0 Å². The van der Waals surface area contributed by atoms with Gasteiger partial charge in [0.1, 0.15) is 11.4 Å². The summed E-state index contributed by atoms with van der Waals surface area (Å²) in [5.41, 5.74) is 3.46. The Morgan fingerprint density at radius 2 is 1.47 bits per heavy atom. The molecule has 156 valence electrons. The average molecular weight is 405 g/mol. The van der Waals surface area contributed by atoms with Gasteiger partial charge < -0.3 is 9.64 Å². The van der Waals surface area contributed by atoms with Crippen molar-refractivity contribution in [2.75, 3.05) is 18.0 Å². The van der Waals surface area contributed by atoms with Crippen LogP contribution in [0.3, 0.4) is 0 Å². The van der Waals surface area contributed by atoms with Gasteiger partial charge in [0.05, 0.1) is 17.4 Å². The zero-order chi connectivity index (χ0) is 21.3. The van der Waals surface area contributed by atoms with E-state index in [2.05, 4.69) is 4.90 Å². The molecule has 1 saturated heterocycles. The Kier molecular flexibility index (Phi) is 5.62. The summed E-state index contributed by atoms with van der Waals surface area (Å²) in [4.78, 5) is 30.4. The van der Waals surface area contributed by atoms with Gasteiger partial charge in [-0.05, 0) is 69.9 Å². The highest BCUT2D eigenvalue weighted by Gasteiger charge is 2.42. The number of piperidine rings is 1. The number of likely N-dealkylation sites (tertiary alicyclic amines) is 1. The predicted octanol–water partition coefficient (Wildman–Crippen LogP) is 4.55. The van der Waals surface area contributed by atoms with E-state index >= 15 is 0 Å². The highest BCUT2D eigenvalue weighted by molar-refractivity contribution is 6.45. The first kappa shape index (κ1) is 20.2. The second-order valence-corrected chi connectivity index (χ2v) is 8.24. The van der Waals surface area contributed by atoms with Crippen LogP contribution in [0, 0.1) is 6.92 Å². The van der Waals surface area contributed by atoms with Crippen molar-refractivity contribution in [2.24, 2.45) is 0 Å². The van der Waals surface area contributed by atoms with Crippen molar-refractivity contribution in [3.05, 3.63) is 65.4 Å². The van der Waals surface area contributed by atoms with Gasteiger partial charge in [-0.1, -0.05) is 29.8 Å². The molecular weight excluding hydrogens is 376 g/mol. The van der Waals surface area contributed by atoms with Crippen molar-refractivity contribution < 1.29 is 14.3 Å². The summed E-state index contributed by atoms with van der Waals surface area (Å²) < 4.78 is 5.74. The molecule has 2 aliphatic heterocycles. The van der Waals surface area contributed by atoms with Crippen LogP contribution in [0.5, 0.6) is 5.75 Å². The summed E-state index contributed by atoms with van der Waals surface area (Å²) in [5.74, 6) is 0.256. The van der Waals surface area contributed by atoms with Gasteiger partial charge in [0.25, 0.3) is 11.8 Å². The zero-order valence-electron chi connectivity index (χ0n) is 17.9. The first-order chi connectivity index (χ1) is 14.5. The molecule has 0 N–H and O–H groups in total. The van der Waals surface area contributed by atoms with Gasteiger partial charge in [-0.3, -0.25) is 9.59 Å². The molecule has 2 aliphatic rings. The molecule has 4 rings (SSSR count). The van der Waals surface area contributed by atoms with Crippen molar-refractivity contribution in [2.45, 2.75) is 46.1 Å². The summed E-state index contributed by atoms with van der Waals surface area (Å²) >= 11 is 0. The van der Waals surface area contributed by atoms with Crippen LogP contribution in [0.1, 0.15) is 44.2 Å². The molecule has 0 aromatic heterocycles. The number of anilines is 1. The molecule has 0 atom stereocenters. The fraction of sp³-hybridized carbons (Fsp3) is 0.360. The number of hydrogen-bond donors (Lipinski definition) is 0. The van der Waals surface area contributed by atoms with Crippen molar-refractivity contribution in [3.63, 3.8) is 0 Å². The van der Waals surface area contributed by atoms with Crippen LogP contribution in [-0.2, 0) is 9.59 Å². The van der Waals surface area contributed by atoms with E-state index in [1.165, 1.54) is 4.90 Å². The fourth-order valence-corrected chi connectivity index (χ4v) is 4.09. The van der Waals surface area contributed by atoms with Crippen LogP contribution in [0.15, 0.2) is 54.2 Å². The Labute approximate surface area is 177 Å². The molecule has 5 nitrogen and oxygen atoms in total. The Balaban J connectivity index is 1.76. The lowest BCUT2D eigenvalue weighted by Gasteiger charge is -2.29. The molecule has 0 radical (unpaired) electrons. The van der Waals surface area contributed by atoms with Gasteiger partial charge in [0.15, 0.2) is 0 Å². The molecule has 0 spiro atoms. The first-order valence-electron chi connectivity index (χ1n) is 10.7. The third-order valence-corrected chi connectivity index (χ3v) is 5.54. The van der Waals surface area contributed by atoms with E-state index in [1.54, 1.807) is 0 Å². The van der Waals surface area contributed by atoms with Crippen molar-refractivity contribution in [1.82, 2.24) is 4.90 Å². The minimum Gasteiger partial charge on any atom is -0.491 e. The molecule has 0 aliphatic carbocycles. The first-order valence-corrected chi connectivity index (χ1v) is 10.7. The zero-order valence-corrected chi connectivity index (χ0v) is 17.9.